The number of nitrogens with zero attached hydrogens (tertiary/aromatic N) is 4. The third-order valence-electron chi connectivity index (χ3n) is 3.28. The van der Waals surface area contributed by atoms with Crippen LogP contribution < -0.4 is 16.0 Å². The van der Waals surface area contributed by atoms with Crippen molar-refractivity contribution in [2.45, 2.75) is 12.5 Å². The molecule has 1 saturated heterocycles. The van der Waals surface area contributed by atoms with Gasteiger partial charge >= 0.3 is 6.09 Å². The summed E-state index contributed by atoms with van der Waals surface area (Å²) in [5, 5.41) is 2.78. The smallest absolute Gasteiger partial charge is 0.407 e. The van der Waals surface area contributed by atoms with E-state index in [1.165, 1.54) is 7.11 Å². The minimum absolute atomic E-state index is 0.0246. The second kappa shape index (κ2) is 4.83. The molecular weight excluding hydrogens is 262 g/mol. The molecule has 3 heterocycles. The molecule has 1 aliphatic rings. The van der Waals surface area contributed by atoms with Gasteiger partial charge in [0, 0.05) is 13.1 Å². The van der Waals surface area contributed by atoms with E-state index in [-0.39, 0.29) is 12.0 Å². The fourth-order valence-corrected chi connectivity index (χ4v) is 2.36. The van der Waals surface area contributed by atoms with Gasteiger partial charge in [-0.05, 0) is 6.42 Å². The Bertz CT molecular complexity index is 641. The number of imidazole rings is 1. The summed E-state index contributed by atoms with van der Waals surface area (Å²) in [4.78, 5) is 28.7. The molecule has 1 atom stereocenters. The summed E-state index contributed by atoms with van der Waals surface area (Å²) in [6, 6.07) is 0.0246. The van der Waals surface area contributed by atoms with Gasteiger partial charge in [0.15, 0.2) is 11.5 Å². The van der Waals surface area contributed by atoms with Crippen LogP contribution in [-0.4, -0.2) is 52.3 Å². The lowest BCUT2D eigenvalue weighted by Gasteiger charge is -2.18. The van der Waals surface area contributed by atoms with Gasteiger partial charge in [0.05, 0.1) is 19.5 Å². The number of nitrogens with one attached hydrogen (secondary N) is 2. The van der Waals surface area contributed by atoms with E-state index in [0.717, 1.165) is 18.5 Å². The van der Waals surface area contributed by atoms with E-state index in [1.807, 2.05) is 4.90 Å². The lowest BCUT2D eigenvalue weighted by atomic mass is 10.3. The van der Waals surface area contributed by atoms with Crippen LogP contribution in [0.5, 0.6) is 0 Å². The molecule has 3 rings (SSSR count). The third-order valence-corrected chi connectivity index (χ3v) is 3.28. The van der Waals surface area contributed by atoms with Gasteiger partial charge in [-0.1, -0.05) is 0 Å². The summed E-state index contributed by atoms with van der Waals surface area (Å²) in [7, 11) is 1.35. The Morgan fingerprint density at radius 1 is 1.60 bits per heavy atom. The number of nitrogens with two attached hydrogens (primary N) is 1. The molecule has 106 valence electrons. The molecule has 0 aliphatic carbocycles. The molecule has 2 aromatic heterocycles. The lowest BCUT2D eigenvalue weighted by molar-refractivity contribution is 0.167. The predicted molar refractivity (Wildman–Crippen MR) is 72.3 cm³/mol. The van der Waals surface area contributed by atoms with Crippen LogP contribution in [0.2, 0.25) is 0 Å². The number of aromatic nitrogens is 4. The first-order valence-electron chi connectivity index (χ1n) is 6.23. The third kappa shape index (κ3) is 2.17. The minimum Gasteiger partial charge on any atom is -0.453 e. The largest absolute Gasteiger partial charge is 0.453 e. The van der Waals surface area contributed by atoms with E-state index in [4.69, 9.17) is 5.73 Å². The van der Waals surface area contributed by atoms with E-state index in [1.54, 1.807) is 6.33 Å². The minimum atomic E-state index is -0.425. The van der Waals surface area contributed by atoms with Crippen molar-refractivity contribution in [2.75, 3.05) is 30.8 Å². The standard InChI is InChI=1S/C11H15N7O2/c1-20-11(19)15-6-2-3-18(4-6)9-7-8(14-5-13-7)16-10(12)17-9/h5-6H,2-4H2,1H3,(H,15,19)(H3,12,13,14,16,17). The Hall–Kier alpha value is -2.58. The normalized spacial score (nSPS) is 18.4. The second-order valence-electron chi connectivity index (χ2n) is 4.57. The van der Waals surface area contributed by atoms with Crippen molar-refractivity contribution < 1.29 is 9.53 Å². The first-order chi connectivity index (χ1) is 9.67. The molecule has 0 bridgehead atoms. The van der Waals surface area contributed by atoms with Gasteiger partial charge in [0.25, 0.3) is 0 Å². The number of methoxy groups -OCH3 is 1. The molecule has 20 heavy (non-hydrogen) atoms. The van der Waals surface area contributed by atoms with Crippen LogP contribution in [0.1, 0.15) is 6.42 Å². The highest BCUT2D eigenvalue weighted by Crippen LogP contribution is 2.25. The summed E-state index contributed by atoms with van der Waals surface area (Å²) < 4.78 is 4.60. The number of fused-ring (bicyclic) bond motifs is 1. The summed E-state index contributed by atoms with van der Waals surface area (Å²) in [6.07, 6.45) is 1.95. The maximum absolute atomic E-state index is 11.2. The van der Waals surface area contributed by atoms with Gasteiger partial charge < -0.3 is 25.7 Å². The Kier molecular flexibility index (Phi) is 3.01. The summed E-state index contributed by atoms with van der Waals surface area (Å²) in [6.45, 7) is 1.40. The average Bonchev–Trinajstić information content (AvgIpc) is 3.06. The summed E-state index contributed by atoms with van der Waals surface area (Å²) in [5.74, 6) is 0.892. The van der Waals surface area contributed by atoms with Crippen molar-refractivity contribution in [3.8, 4) is 0 Å². The Morgan fingerprint density at radius 2 is 2.45 bits per heavy atom. The van der Waals surface area contributed by atoms with Gasteiger partial charge in [-0.15, -0.1) is 0 Å². The number of carbonyl (C=O) groups is 1. The number of amides is 1. The quantitative estimate of drug-likeness (QED) is 0.698. The van der Waals surface area contributed by atoms with Crippen LogP contribution in [0.4, 0.5) is 16.6 Å². The first kappa shape index (κ1) is 12.5. The highest BCUT2D eigenvalue weighted by molar-refractivity contribution is 5.84. The Labute approximate surface area is 114 Å². The number of alkyl carbamates (subject to hydrolysis) is 1. The van der Waals surface area contributed by atoms with Crippen LogP contribution in [0.3, 0.4) is 0 Å². The number of hydrogen-bond donors (Lipinski definition) is 3. The molecule has 2 aromatic rings. The second-order valence-corrected chi connectivity index (χ2v) is 4.57. The number of rotatable bonds is 2. The number of hydrogen-bond acceptors (Lipinski definition) is 7. The van der Waals surface area contributed by atoms with Crippen molar-refractivity contribution >= 4 is 29.0 Å². The van der Waals surface area contributed by atoms with Gasteiger partial charge in [-0.2, -0.15) is 9.97 Å². The van der Waals surface area contributed by atoms with Gasteiger partial charge in [-0.3, -0.25) is 0 Å². The lowest BCUT2D eigenvalue weighted by Crippen LogP contribution is -2.37. The maximum Gasteiger partial charge on any atom is 0.407 e. The molecule has 0 saturated carbocycles. The van der Waals surface area contributed by atoms with Crippen LogP contribution >= 0.6 is 0 Å². The van der Waals surface area contributed by atoms with Crippen LogP contribution in [-0.2, 0) is 4.74 Å². The van der Waals surface area contributed by atoms with Gasteiger partial charge in [0.1, 0.15) is 5.52 Å². The SMILES string of the molecule is COC(=O)NC1CCN(c2nc(N)nc3nc[nH]c23)C1. The molecule has 1 aliphatic heterocycles. The fourth-order valence-electron chi connectivity index (χ4n) is 2.36. The Balaban J connectivity index is 1.82. The number of ether oxygens (including phenoxy) is 1. The van der Waals surface area contributed by atoms with Crippen molar-refractivity contribution in [1.29, 1.82) is 0 Å². The number of H-pyrrole nitrogens is 1. The maximum atomic E-state index is 11.2. The predicted octanol–water partition coefficient (Wildman–Crippen LogP) is -0.130. The average molecular weight is 277 g/mol. The van der Waals surface area contributed by atoms with E-state index in [2.05, 4.69) is 30.0 Å². The first-order valence-corrected chi connectivity index (χ1v) is 6.23. The Morgan fingerprint density at radius 3 is 3.25 bits per heavy atom. The highest BCUT2D eigenvalue weighted by atomic mass is 16.5. The van der Waals surface area contributed by atoms with Crippen LogP contribution in [0.25, 0.3) is 11.2 Å². The van der Waals surface area contributed by atoms with Crippen molar-refractivity contribution in [3.05, 3.63) is 6.33 Å². The zero-order valence-corrected chi connectivity index (χ0v) is 11.0. The molecule has 0 aromatic carbocycles. The molecular formula is C11H15N7O2. The summed E-state index contributed by atoms with van der Waals surface area (Å²) in [5.41, 5.74) is 6.98. The molecule has 4 N–H and O–H groups in total. The topological polar surface area (TPSA) is 122 Å². The molecule has 9 heteroatoms. The number of aromatic amines is 1. The van der Waals surface area contributed by atoms with Crippen LogP contribution in [0, 0.1) is 0 Å². The zero-order valence-electron chi connectivity index (χ0n) is 11.0. The molecule has 1 amide bonds. The van der Waals surface area contributed by atoms with Crippen molar-refractivity contribution in [1.82, 2.24) is 25.3 Å². The van der Waals surface area contributed by atoms with Crippen molar-refractivity contribution in [3.63, 3.8) is 0 Å². The van der Waals surface area contributed by atoms with E-state index < -0.39 is 6.09 Å². The number of anilines is 2. The highest BCUT2D eigenvalue weighted by Gasteiger charge is 2.27. The molecule has 1 unspecified atom stereocenters. The van der Waals surface area contributed by atoms with E-state index in [9.17, 15) is 4.79 Å². The zero-order chi connectivity index (χ0) is 14.1. The monoisotopic (exact) mass is 277 g/mol. The molecule has 1 fully saturated rings. The van der Waals surface area contributed by atoms with Gasteiger partial charge in [-0.25, -0.2) is 9.78 Å². The van der Waals surface area contributed by atoms with Crippen molar-refractivity contribution in [2.24, 2.45) is 0 Å². The van der Waals surface area contributed by atoms with E-state index in [0.29, 0.717) is 18.0 Å². The molecule has 0 spiro atoms. The number of nitrogen functional groups attached to an aromatic ring is 1. The fraction of sp³-hybridized carbons (Fsp3) is 0.455. The summed E-state index contributed by atoms with van der Waals surface area (Å²) >= 11 is 0. The molecule has 9 nitrogen and oxygen atoms in total. The van der Waals surface area contributed by atoms with Gasteiger partial charge in [0.2, 0.25) is 5.95 Å². The number of carbonyl (C=O) groups excluding carboxylic acids is 1. The van der Waals surface area contributed by atoms with E-state index >= 15 is 0 Å². The van der Waals surface area contributed by atoms with Crippen LogP contribution in [0.15, 0.2) is 6.33 Å². The molecule has 0 radical (unpaired) electrons.